The van der Waals surface area contributed by atoms with E-state index >= 15 is 0 Å². The second kappa shape index (κ2) is 9.08. The summed E-state index contributed by atoms with van der Waals surface area (Å²) in [5.74, 6) is 1.47. The number of aromatic nitrogens is 2. The third-order valence-corrected chi connectivity index (χ3v) is 3.75. The number of nitrogens with zero attached hydrogens (tertiary/aromatic N) is 2. The van der Waals surface area contributed by atoms with E-state index in [0.717, 1.165) is 5.56 Å². The summed E-state index contributed by atoms with van der Waals surface area (Å²) in [7, 11) is 1.53. The molecule has 0 bridgehead atoms. The molecule has 2 N–H and O–H groups in total. The Bertz CT molecular complexity index is 740. The highest BCUT2D eigenvalue weighted by atomic mass is 35.5. The van der Waals surface area contributed by atoms with Gasteiger partial charge in [-0.3, -0.25) is 4.79 Å². The van der Waals surface area contributed by atoms with Crippen molar-refractivity contribution in [3.63, 3.8) is 0 Å². The van der Waals surface area contributed by atoms with Crippen molar-refractivity contribution in [1.82, 2.24) is 9.97 Å². The lowest BCUT2D eigenvalue weighted by Gasteiger charge is -2.12. The van der Waals surface area contributed by atoms with E-state index < -0.39 is 0 Å². The van der Waals surface area contributed by atoms with Crippen molar-refractivity contribution in [3.8, 4) is 11.6 Å². The van der Waals surface area contributed by atoms with Gasteiger partial charge in [0.25, 0.3) is 0 Å². The largest absolute Gasteiger partial charge is 0.495 e. The molecule has 8 heteroatoms. The molecule has 0 spiro atoms. The number of anilines is 2. The zero-order valence-electron chi connectivity index (χ0n) is 14.4. The Morgan fingerprint density at radius 3 is 2.80 bits per heavy atom. The first kappa shape index (κ1) is 18.8. The number of hydrogen-bond acceptors (Lipinski definition) is 6. The van der Waals surface area contributed by atoms with E-state index in [0.29, 0.717) is 41.3 Å². The van der Waals surface area contributed by atoms with E-state index in [1.807, 2.05) is 13.8 Å². The molecule has 0 fully saturated rings. The molecular weight excluding hydrogens is 344 g/mol. The van der Waals surface area contributed by atoms with Gasteiger partial charge in [0.2, 0.25) is 11.8 Å². The number of rotatable bonds is 8. The third-order valence-electron chi connectivity index (χ3n) is 3.35. The number of hydrogen-bond donors (Lipinski definition) is 2. The van der Waals surface area contributed by atoms with Crippen LogP contribution in [0.1, 0.15) is 18.9 Å². The Labute approximate surface area is 151 Å². The van der Waals surface area contributed by atoms with E-state index in [9.17, 15) is 4.79 Å². The summed E-state index contributed by atoms with van der Waals surface area (Å²) in [6, 6.07) is 5.15. The SMILES string of the molecule is CCOc1cc(NCCC(=O)Nc2cc(C)c(Cl)cc2OC)ncn1. The van der Waals surface area contributed by atoms with E-state index in [1.54, 1.807) is 18.2 Å². The maximum absolute atomic E-state index is 12.1. The lowest BCUT2D eigenvalue weighted by Crippen LogP contribution is -2.17. The van der Waals surface area contributed by atoms with Gasteiger partial charge in [-0.05, 0) is 25.5 Å². The van der Waals surface area contributed by atoms with Gasteiger partial charge in [0.15, 0.2) is 0 Å². The number of methoxy groups -OCH3 is 1. The Morgan fingerprint density at radius 2 is 2.08 bits per heavy atom. The predicted octanol–water partition coefficient (Wildman–Crippen LogP) is 3.29. The van der Waals surface area contributed by atoms with Gasteiger partial charge in [-0.1, -0.05) is 11.6 Å². The summed E-state index contributed by atoms with van der Waals surface area (Å²) < 4.78 is 10.6. The summed E-state index contributed by atoms with van der Waals surface area (Å²) in [5.41, 5.74) is 1.45. The Morgan fingerprint density at radius 1 is 1.28 bits per heavy atom. The smallest absolute Gasteiger partial charge is 0.226 e. The first-order chi connectivity index (χ1) is 12.0. The fourth-order valence-corrected chi connectivity index (χ4v) is 2.26. The topological polar surface area (TPSA) is 85.4 Å². The molecule has 134 valence electrons. The van der Waals surface area contributed by atoms with Crippen LogP contribution in [0.3, 0.4) is 0 Å². The molecule has 7 nitrogen and oxygen atoms in total. The van der Waals surface area contributed by atoms with Crippen LogP contribution in [0.15, 0.2) is 24.5 Å². The van der Waals surface area contributed by atoms with Crippen molar-refractivity contribution in [2.75, 3.05) is 30.9 Å². The predicted molar refractivity (Wildman–Crippen MR) is 97.7 cm³/mol. The van der Waals surface area contributed by atoms with Crippen molar-refractivity contribution >= 4 is 29.0 Å². The van der Waals surface area contributed by atoms with Crippen molar-refractivity contribution in [3.05, 3.63) is 35.1 Å². The van der Waals surface area contributed by atoms with Crippen LogP contribution in [0.25, 0.3) is 0 Å². The highest BCUT2D eigenvalue weighted by Gasteiger charge is 2.10. The maximum atomic E-state index is 12.1. The number of nitrogens with one attached hydrogen (secondary N) is 2. The number of carbonyl (C=O) groups excluding carboxylic acids is 1. The van der Waals surface area contributed by atoms with Crippen LogP contribution >= 0.6 is 11.6 Å². The van der Waals surface area contributed by atoms with Crippen LogP contribution in [0.5, 0.6) is 11.6 Å². The number of aryl methyl sites for hydroxylation is 1. The normalized spacial score (nSPS) is 10.2. The van der Waals surface area contributed by atoms with Crippen molar-refractivity contribution in [1.29, 1.82) is 0 Å². The zero-order valence-corrected chi connectivity index (χ0v) is 15.2. The van der Waals surface area contributed by atoms with Crippen molar-refractivity contribution in [2.45, 2.75) is 20.3 Å². The zero-order chi connectivity index (χ0) is 18.2. The molecular formula is C17H21ClN4O3. The second-order valence-corrected chi connectivity index (χ2v) is 5.61. The number of halogens is 1. The molecule has 0 atom stereocenters. The van der Waals surface area contributed by atoms with Gasteiger partial charge in [0, 0.05) is 30.1 Å². The van der Waals surface area contributed by atoms with Crippen LogP contribution in [0.4, 0.5) is 11.5 Å². The monoisotopic (exact) mass is 364 g/mol. The summed E-state index contributed by atoms with van der Waals surface area (Å²) in [4.78, 5) is 20.2. The van der Waals surface area contributed by atoms with Gasteiger partial charge in [-0.2, -0.15) is 0 Å². The second-order valence-electron chi connectivity index (χ2n) is 5.20. The van der Waals surface area contributed by atoms with Crippen LogP contribution in [-0.2, 0) is 4.79 Å². The number of carbonyl (C=O) groups is 1. The first-order valence-electron chi connectivity index (χ1n) is 7.86. The molecule has 0 unspecified atom stereocenters. The Hall–Kier alpha value is -2.54. The van der Waals surface area contributed by atoms with Gasteiger partial charge in [-0.25, -0.2) is 9.97 Å². The molecule has 0 aliphatic rings. The fraction of sp³-hybridized carbons (Fsp3) is 0.353. The number of amides is 1. The highest BCUT2D eigenvalue weighted by Crippen LogP contribution is 2.30. The molecule has 2 rings (SSSR count). The van der Waals surface area contributed by atoms with Crippen LogP contribution in [0, 0.1) is 6.92 Å². The van der Waals surface area contributed by atoms with Crippen molar-refractivity contribution in [2.24, 2.45) is 0 Å². The molecule has 0 saturated heterocycles. The Kier molecular flexibility index (Phi) is 6.82. The average Bonchev–Trinajstić information content (AvgIpc) is 2.58. The maximum Gasteiger partial charge on any atom is 0.226 e. The van der Waals surface area contributed by atoms with Crippen LogP contribution in [-0.4, -0.2) is 36.1 Å². The van der Waals surface area contributed by atoms with Gasteiger partial charge in [0.05, 0.1) is 19.4 Å². The number of benzene rings is 1. The van der Waals surface area contributed by atoms with E-state index in [4.69, 9.17) is 21.1 Å². The summed E-state index contributed by atoms with van der Waals surface area (Å²) in [5, 5.41) is 6.48. The lowest BCUT2D eigenvalue weighted by molar-refractivity contribution is -0.116. The molecule has 0 aliphatic heterocycles. The molecule has 25 heavy (non-hydrogen) atoms. The molecule has 0 radical (unpaired) electrons. The standard InChI is InChI=1S/C17H21ClN4O3/c1-4-25-17-9-15(20-10-21-17)19-6-5-16(23)22-13-7-11(2)12(18)8-14(13)24-3/h7-10H,4-6H2,1-3H3,(H,22,23)(H,19,20,21). The van der Waals surface area contributed by atoms with Crippen LogP contribution < -0.4 is 20.1 Å². The summed E-state index contributed by atoms with van der Waals surface area (Å²) in [6.45, 7) is 4.70. The van der Waals surface area contributed by atoms with E-state index in [-0.39, 0.29) is 12.3 Å². The van der Waals surface area contributed by atoms with Gasteiger partial charge in [0.1, 0.15) is 17.9 Å². The average molecular weight is 365 g/mol. The Balaban J connectivity index is 1.89. The highest BCUT2D eigenvalue weighted by molar-refractivity contribution is 6.31. The van der Waals surface area contributed by atoms with Gasteiger partial charge >= 0.3 is 0 Å². The summed E-state index contributed by atoms with van der Waals surface area (Å²) >= 11 is 6.06. The molecule has 2 aromatic rings. The third kappa shape index (κ3) is 5.49. The fourth-order valence-electron chi connectivity index (χ4n) is 2.11. The summed E-state index contributed by atoms with van der Waals surface area (Å²) in [6.07, 6.45) is 1.67. The van der Waals surface area contributed by atoms with Gasteiger partial charge in [-0.15, -0.1) is 0 Å². The van der Waals surface area contributed by atoms with Crippen molar-refractivity contribution < 1.29 is 14.3 Å². The minimum absolute atomic E-state index is 0.147. The molecule has 1 aromatic carbocycles. The number of ether oxygens (including phenoxy) is 2. The molecule has 0 aliphatic carbocycles. The minimum atomic E-state index is -0.147. The van der Waals surface area contributed by atoms with E-state index in [2.05, 4.69) is 20.6 Å². The minimum Gasteiger partial charge on any atom is -0.495 e. The first-order valence-corrected chi connectivity index (χ1v) is 8.24. The molecule has 1 aromatic heterocycles. The van der Waals surface area contributed by atoms with Crippen LogP contribution in [0.2, 0.25) is 5.02 Å². The van der Waals surface area contributed by atoms with Gasteiger partial charge < -0.3 is 20.1 Å². The quantitative estimate of drug-likeness (QED) is 0.747. The van der Waals surface area contributed by atoms with E-state index in [1.165, 1.54) is 13.4 Å². The lowest BCUT2D eigenvalue weighted by atomic mass is 10.2. The molecule has 0 saturated carbocycles. The molecule has 1 amide bonds. The molecule has 1 heterocycles.